The molecule has 0 atom stereocenters. The van der Waals surface area contributed by atoms with Crippen molar-refractivity contribution in [1.82, 2.24) is 15.0 Å². The molecule has 4 rings (SSSR count). The van der Waals surface area contributed by atoms with E-state index in [9.17, 15) is 14.9 Å². The Kier molecular flexibility index (Phi) is 5.66. The highest BCUT2D eigenvalue weighted by atomic mass is 16.6. The Hall–Kier alpha value is -4.53. The van der Waals surface area contributed by atoms with Crippen molar-refractivity contribution in [2.75, 3.05) is 6.61 Å². The van der Waals surface area contributed by atoms with Gasteiger partial charge in [-0.2, -0.15) is 5.10 Å². The number of hydrogen-bond donors (Lipinski definition) is 1. The predicted molar refractivity (Wildman–Crippen MR) is 115 cm³/mol. The number of para-hydroxylation sites is 1. The van der Waals surface area contributed by atoms with Crippen molar-refractivity contribution < 1.29 is 14.5 Å². The van der Waals surface area contributed by atoms with Gasteiger partial charge in [-0.15, -0.1) is 0 Å². The van der Waals surface area contributed by atoms with Crippen LogP contribution < -0.4 is 10.2 Å². The molecule has 154 valence electrons. The summed E-state index contributed by atoms with van der Waals surface area (Å²) in [6.07, 6.45) is 4.87. The van der Waals surface area contributed by atoms with E-state index in [0.29, 0.717) is 22.6 Å². The number of fused-ring (bicyclic) bond motifs is 1. The third-order valence-electron chi connectivity index (χ3n) is 4.44. The van der Waals surface area contributed by atoms with E-state index in [2.05, 4.69) is 15.5 Å². The molecule has 0 unspecified atom stereocenters. The van der Waals surface area contributed by atoms with E-state index in [0.717, 1.165) is 5.39 Å². The number of nitro benzene ring substituents is 1. The van der Waals surface area contributed by atoms with Crippen LogP contribution in [0.15, 0.2) is 84.2 Å². The lowest BCUT2D eigenvalue weighted by Gasteiger charge is -2.08. The van der Waals surface area contributed by atoms with Crippen LogP contribution in [0.25, 0.3) is 16.6 Å². The number of nitrogens with zero attached hydrogens (tertiary/aromatic N) is 4. The summed E-state index contributed by atoms with van der Waals surface area (Å²) in [7, 11) is 0. The second-order valence-electron chi connectivity index (χ2n) is 6.49. The average molecular weight is 415 g/mol. The molecule has 0 aliphatic heterocycles. The van der Waals surface area contributed by atoms with Gasteiger partial charge in [-0.3, -0.25) is 19.9 Å². The Balaban J connectivity index is 1.39. The number of amides is 1. The van der Waals surface area contributed by atoms with Gasteiger partial charge in [0.2, 0.25) is 0 Å². The van der Waals surface area contributed by atoms with Crippen LogP contribution in [0.2, 0.25) is 0 Å². The van der Waals surface area contributed by atoms with Crippen LogP contribution in [0.1, 0.15) is 5.69 Å². The smallest absolute Gasteiger partial charge is 0.277 e. The molecule has 2 aromatic carbocycles. The van der Waals surface area contributed by atoms with Gasteiger partial charge in [0.15, 0.2) is 6.61 Å². The van der Waals surface area contributed by atoms with Crippen molar-refractivity contribution in [2.24, 2.45) is 5.10 Å². The Morgan fingerprint density at radius 1 is 1.16 bits per heavy atom. The Labute approximate surface area is 176 Å². The first-order chi connectivity index (χ1) is 15.1. The fourth-order valence-electron chi connectivity index (χ4n) is 3.03. The molecule has 0 spiro atoms. The molecule has 1 amide bonds. The van der Waals surface area contributed by atoms with Gasteiger partial charge in [0, 0.05) is 29.9 Å². The van der Waals surface area contributed by atoms with Gasteiger partial charge in [-0.05, 0) is 30.3 Å². The highest BCUT2D eigenvalue weighted by Crippen LogP contribution is 2.22. The summed E-state index contributed by atoms with van der Waals surface area (Å²) in [5.74, 6) is 0.0782. The van der Waals surface area contributed by atoms with Gasteiger partial charge >= 0.3 is 0 Å². The molecule has 0 bridgehead atoms. The molecule has 0 aliphatic carbocycles. The zero-order valence-corrected chi connectivity index (χ0v) is 16.2. The number of benzene rings is 2. The van der Waals surface area contributed by atoms with E-state index < -0.39 is 10.8 Å². The number of non-ortho nitro benzene ring substituents is 1. The summed E-state index contributed by atoms with van der Waals surface area (Å²) >= 11 is 0. The fraction of sp³-hybridized carbons (Fsp3) is 0.0455. The van der Waals surface area contributed by atoms with E-state index in [1.54, 1.807) is 47.3 Å². The Bertz CT molecular complexity index is 1280. The number of ether oxygens (including phenoxy) is 1. The van der Waals surface area contributed by atoms with Crippen LogP contribution >= 0.6 is 0 Å². The zero-order chi connectivity index (χ0) is 21.6. The van der Waals surface area contributed by atoms with Crippen LogP contribution in [-0.2, 0) is 4.79 Å². The Morgan fingerprint density at radius 3 is 2.87 bits per heavy atom. The van der Waals surface area contributed by atoms with E-state index in [1.807, 2.05) is 24.3 Å². The number of hydrogen-bond acceptors (Lipinski definition) is 6. The molecule has 31 heavy (non-hydrogen) atoms. The predicted octanol–water partition coefficient (Wildman–Crippen LogP) is 3.46. The standard InChI is InChI=1S/C22H17N5O4/c28-21(15-31-20-10-1-5-16-6-3-11-23-22(16)20)25-24-14-19-9-4-12-26(19)17-7-2-8-18(13-17)27(29)30/h1-14H,15H2,(H,25,28)/b24-14+. The van der Waals surface area contributed by atoms with Crippen LogP contribution in [0, 0.1) is 10.1 Å². The van der Waals surface area contributed by atoms with Crippen molar-refractivity contribution in [3.05, 3.63) is 94.9 Å². The maximum atomic E-state index is 12.1. The molecule has 1 N–H and O–H groups in total. The number of carbonyl (C=O) groups is 1. The number of nitrogens with one attached hydrogen (secondary N) is 1. The van der Waals surface area contributed by atoms with Crippen LogP contribution in [-0.4, -0.2) is 33.2 Å². The first-order valence-corrected chi connectivity index (χ1v) is 9.32. The van der Waals surface area contributed by atoms with Crippen molar-refractivity contribution >= 4 is 28.7 Å². The minimum atomic E-state index is -0.452. The molecule has 0 saturated heterocycles. The molecule has 9 heteroatoms. The zero-order valence-electron chi connectivity index (χ0n) is 16.2. The third-order valence-corrected chi connectivity index (χ3v) is 4.44. The second-order valence-corrected chi connectivity index (χ2v) is 6.49. The van der Waals surface area contributed by atoms with Crippen molar-refractivity contribution in [2.45, 2.75) is 0 Å². The summed E-state index contributed by atoms with van der Waals surface area (Å²) in [5, 5.41) is 15.9. The molecular weight excluding hydrogens is 398 g/mol. The maximum absolute atomic E-state index is 12.1. The van der Waals surface area contributed by atoms with Gasteiger partial charge in [-0.25, -0.2) is 5.43 Å². The second kappa shape index (κ2) is 8.87. The lowest BCUT2D eigenvalue weighted by Crippen LogP contribution is -2.24. The molecule has 0 saturated carbocycles. The SMILES string of the molecule is O=C(COc1cccc2cccnc12)N/N=C/c1cccn1-c1cccc([N+](=O)[O-])c1. The van der Waals surface area contributed by atoms with Crippen molar-refractivity contribution in [3.8, 4) is 11.4 Å². The summed E-state index contributed by atoms with van der Waals surface area (Å²) in [6.45, 7) is -0.223. The van der Waals surface area contributed by atoms with Crippen molar-refractivity contribution in [1.29, 1.82) is 0 Å². The van der Waals surface area contributed by atoms with Gasteiger partial charge < -0.3 is 9.30 Å². The van der Waals surface area contributed by atoms with Gasteiger partial charge in [-0.1, -0.05) is 24.3 Å². The van der Waals surface area contributed by atoms with Crippen LogP contribution in [0.5, 0.6) is 5.75 Å². The minimum absolute atomic E-state index is 0.0116. The van der Waals surface area contributed by atoms with Crippen molar-refractivity contribution in [3.63, 3.8) is 0 Å². The molecule has 9 nitrogen and oxygen atoms in total. The van der Waals surface area contributed by atoms with Gasteiger partial charge in [0.25, 0.3) is 11.6 Å². The number of hydrazone groups is 1. The lowest BCUT2D eigenvalue weighted by atomic mass is 10.2. The fourth-order valence-corrected chi connectivity index (χ4v) is 3.03. The summed E-state index contributed by atoms with van der Waals surface area (Å²) in [5.41, 5.74) is 4.33. The van der Waals surface area contributed by atoms with Gasteiger partial charge in [0.1, 0.15) is 11.3 Å². The molecule has 2 heterocycles. The maximum Gasteiger partial charge on any atom is 0.277 e. The third kappa shape index (κ3) is 4.56. The molecule has 0 radical (unpaired) electrons. The average Bonchev–Trinajstić information content (AvgIpc) is 3.26. The molecule has 2 aromatic heterocycles. The Morgan fingerprint density at radius 2 is 2.00 bits per heavy atom. The molecule has 0 fully saturated rings. The van der Waals surface area contributed by atoms with E-state index in [4.69, 9.17) is 4.74 Å². The monoisotopic (exact) mass is 415 g/mol. The number of carbonyl (C=O) groups excluding carboxylic acids is 1. The topological polar surface area (TPSA) is 112 Å². The molecule has 4 aromatic rings. The minimum Gasteiger partial charge on any atom is -0.481 e. The number of nitro groups is 1. The summed E-state index contributed by atoms with van der Waals surface area (Å²) in [4.78, 5) is 26.9. The first-order valence-electron chi connectivity index (χ1n) is 9.32. The highest BCUT2D eigenvalue weighted by molar-refractivity contribution is 5.85. The largest absolute Gasteiger partial charge is 0.481 e. The number of pyridine rings is 1. The van der Waals surface area contributed by atoms with E-state index >= 15 is 0 Å². The lowest BCUT2D eigenvalue weighted by molar-refractivity contribution is -0.384. The number of rotatable bonds is 7. The van der Waals surface area contributed by atoms with E-state index in [-0.39, 0.29) is 12.3 Å². The summed E-state index contributed by atoms with van der Waals surface area (Å²) < 4.78 is 7.30. The normalized spacial score (nSPS) is 11.0. The number of aromatic nitrogens is 2. The first kappa shape index (κ1) is 19.8. The highest BCUT2D eigenvalue weighted by Gasteiger charge is 2.09. The van der Waals surface area contributed by atoms with Crippen LogP contribution in [0.4, 0.5) is 5.69 Å². The molecular formula is C22H17N5O4. The quantitative estimate of drug-likeness (QED) is 0.282. The van der Waals surface area contributed by atoms with E-state index in [1.165, 1.54) is 18.3 Å². The van der Waals surface area contributed by atoms with Crippen LogP contribution in [0.3, 0.4) is 0 Å². The molecule has 0 aliphatic rings. The van der Waals surface area contributed by atoms with Gasteiger partial charge in [0.05, 0.1) is 22.5 Å². The summed E-state index contributed by atoms with van der Waals surface area (Å²) in [6, 6.07) is 19.0.